The largest absolute Gasteiger partial charge is 2.00 e. The first-order valence-corrected chi connectivity index (χ1v) is 23.9. The molecule has 2 aliphatic heterocycles. The average Bonchev–Trinajstić information content (AvgIpc) is 4.22. The zero-order valence-corrected chi connectivity index (χ0v) is 46.1. The molecule has 0 fully saturated rings. The summed E-state index contributed by atoms with van der Waals surface area (Å²) in [6, 6.07) is 65.5. The monoisotopic (exact) mass is 1360 g/mol. The van der Waals surface area contributed by atoms with Gasteiger partial charge in [0, 0.05) is 79.0 Å². The number of fused-ring (bicyclic) bond motifs is 8. The maximum atomic E-state index is 10.1. The Hall–Kier alpha value is -8.30. The standard InChI is InChI=1S/2C18H13NO2.2C13H11N3.2Pt/c2*1-11-9-10-15(18(20)19-11)14-7-4-6-13-12-5-2-3-8-16(12)21-17(13)14;2*1-15-10-16(11-6-3-2-4-7-11)13-12(15)8-5-9-14-13;;/h2*2-10H,1H3,(H,19,20);2*2-6,8-10H,1H3;;/q;;2*-2;2*+2. The summed E-state index contributed by atoms with van der Waals surface area (Å²) in [5.74, 6) is 1.96. The van der Waals surface area contributed by atoms with Crippen LogP contribution >= 0.6 is 0 Å². The smallest absolute Gasteiger partial charge is 0.502 e. The zero-order chi connectivity index (χ0) is 50.7. The van der Waals surface area contributed by atoms with Crippen LogP contribution in [0.3, 0.4) is 0 Å². The van der Waals surface area contributed by atoms with Crippen molar-refractivity contribution in [3.05, 3.63) is 231 Å². The summed E-state index contributed by atoms with van der Waals surface area (Å²) >= 11 is 0. The van der Waals surface area contributed by atoms with Crippen LogP contribution in [0.5, 0.6) is 11.8 Å². The van der Waals surface area contributed by atoms with Gasteiger partial charge in [-0.15, -0.1) is 11.4 Å². The molecule has 0 atom stereocenters. The number of anilines is 6. The summed E-state index contributed by atoms with van der Waals surface area (Å²) in [7, 11) is 4.03. The van der Waals surface area contributed by atoms with Gasteiger partial charge in [0.2, 0.25) is 11.8 Å². The molecule has 76 heavy (non-hydrogen) atoms. The molecule has 6 aromatic heterocycles. The van der Waals surface area contributed by atoms with Gasteiger partial charge in [-0.05, 0) is 88.6 Å². The van der Waals surface area contributed by atoms with E-state index in [9.17, 15) is 10.2 Å². The number of aryl methyl sites for hydroxylation is 2. The normalized spacial score (nSPS) is 12.2. The molecule has 14 rings (SSSR count). The van der Waals surface area contributed by atoms with Gasteiger partial charge in [-0.25, -0.2) is 19.9 Å². The van der Waals surface area contributed by atoms with Crippen LogP contribution in [0.15, 0.2) is 203 Å². The van der Waals surface area contributed by atoms with Gasteiger partial charge in [0.15, 0.2) is 0 Å². The molecular weight excluding hydrogens is 1310 g/mol. The van der Waals surface area contributed by atoms with Crippen molar-refractivity contribution < 1.29 is 61.2 Å². The Morgan fingerprint density at radius 2 is 0.842 bits per heavy atom. The first-order chi connectivity index (χ1) is 36.2. The van der Waals surface area contributed by atoms with E-state index in [0.717, 1.165) is 101 Å². The fourth-order valence-electron chi connectivity index (χ4n) is 9.12. The third kappa shape index (κ3) is 10.5. The number of hydrogen-bond donors (Lipinski definition) is 2. The first-order valence-electron chi connectivity index (χ1n) is 23.9. The van der Waals surface area contributed by atoms with Gasteiger partial charge in [-0.1, -0.05) is 72.8 Å². The Morgan fingerprint density at radius 3 is 1.25 bits per heavy atom. The predicted octanol–water partition coefficient (Wildman–Crippen LogP) is 14.5. The second kappa shape index (κ2) is 23.1. The minimum Gasteiger partial charge on any atom is -0.502 e. The summed E-state index contributed by atoms with van der Waals surface area (Å²) in [4.78, 5) is 25.2. The zero-order valence-electron chi connectivity index (χ0n) is 41.6. The van der Waals surface area contributed by atoms with Crippen molar-refractivity contribution in [2.24, 2.45) is 0 Å². The molecule has 2 aliphatic rings. The molecule has 0 saturated heterocycles. The van der Waals surface area contributed by atoms with Crippen molar-refractivity contribution in [3.8, 4) is 34.0 Å². The van der Waals surface area contributed by atoms with Crippen LogP contribution in [0.4, 0.5) is 34.4 Å². The van der Waals surface area contributed by atoms with Gasteiger partial charge in [0.1, 0.15) is 34.0 Å². The molecule has 2 N–H and O–H groups in total. The van der Waals surface area contributed by atoms with E-state index in [1.165, 1.54) is 0 Å². The molecule has 0 radical (unpaired) electrons. The summed E-state index contributed by atoms with van der Waals surface area (Å²) in [6.45, 7) is 7.74. The van der Waals surface area contributed by atoms with Crippen molar-refractivity contribution in [1.29, 1.82) is 0 Å². The number of benzene rings is 6. The molecule has 0 amide bonds. The maximum absolute atomic E-state index is 10.1. The summed E-state index contributed by atoms with van der Waals surface area (Å²) in [5.41, 5.74) is 12.1. The molecule has 6 aromatic carbocycles. The van der Waals surface area contributed by atoms with Gasteiger partial charge < -0.3 is 38.6 Å². The summed E-state index contributed by atoms with van der Waals surface area (Å²) in [6.07, 6.45) is 3.61. The molecule has 0 spiro atoms. The van der Waals surface area contributed by atoms with Gasteiger partial charge in [0.25, 0.3) is 0 Å². The second-order valence-electron chi connectivity index (χ2n) is 17.6. The van der Waals surface area contributed by atoms with E-state index >= 15 is 0 Å². The molecular formula is C62H48N8O4Pt2. The average molecular weight is 1360 g/mol. The number of para-hydroxylation sites is 6. The Labute approximate surface area is 469 Å². The van der Waals surface area contributed by atoms with Crippen LogP contribution in [0.2, 0.25) is 0 Å². The Balaban J connectivity index is 0.000000124. The number of rotatable bonds is 4. The van der Waals surface area contributed by atoms with Crippen LogP contribution in [0.25, 0.3) is 66.1 Å². The fourth-order valence-corrected chi connectivity index (χ4v) is 9.12. The van der Waals surface area contributed by atoms with Crippen LogP contribution < -0.4 is 19.6 Å². The molecule has 12 nitrogen and oxygen atoms in total. The number of hydrogen-bond acceptors (Lipinski definition) is 12. The van der Waals surface area contributed by atoms with Crippen LogP contribution in [0.1, 0.15) is 11.4 Å². The van der Waals surface area contributed by atoms with E-state index in [1.54, 1.807) is 0 Å². The number of aromatic nitrogens is 4. The van der Waals surface area contributed by atoms with E-state index in [4.69, 9.17) is 8.83 Å². The fraction of sp³-hybridized carbons (Fsp3) is 0.0645. The van der Waals surface area contributed by atoms with Crippen molar-refractivity contribution in [2.75, 3.05) is 33.7 Å². The maximum Gasteiger partial charge on any atom is 2.00 e. The van der Waals surface area contributed by atoms with E-state index in [-0.39, 0.29) is 53.9 Å². The number of nitrogens with zero attached hydrogens (tertiary/aromatic N) is 8. The second-order valence-corrected chi connectivity index (χ2v) is 17.6. The molecule has 14 heteroatoms. The van der Waals surface area contributed by atoms with Crippen LogP contribution in [0, 0.1) is 39.3 Å². The van der Waals surface area contributed by atoms with E-state index in [0.29, 0.717) is 11.1 Å². The minimum atomic E-state index is 0. The first kappa shape index (κ1) is 52.6. The Morgan fingerprint density at radius 1 is 0.434 bits per heavy atom. The van der Waals surface area contributed by atoms with Crippen LogP contribution in [-0.2, 0) is 42.1 Å². The molecule has 0 bridgehead atoms. The van der Waals surface area contributed by atoms with Gasteiger partial charge in [-0.3, -0.25) is 0 Å². The minimum absolute atomic E-state index is 0. The number of pyridine rings is 4. The molecule has 12 aromatic rings. The van der Waals surface area contributed by atoms with E-state index < -0.39 is 0 Å². The third-order valence-electron chi connectivity index (χ3n) is 12.6. The summed E-state index contributed by atoms with van der Waals surface area (Å²) in [5, 5.41) is 24.5. The van der Waals surface area contributed by atoms with Crippen molar-refractivity contribution >= 4 is 78.3 Å². The SMILES string of the molecule is CN1[CH-]N(c2[c-]cccc2)c2ncccc21.CN1[CH-]N(c2[c-]cccc2)c2ncccc21.Cc1ccc(-c2cccc3c2oc2ccccc23)c(O)n1.Cc1ccc(-c2cccc3c2oc2ccccc23)c(O)n1.[Pt+2].[Pt+2]. The Kier molecular flexibility index (Phi) is 16.0. The van der Waals surface area contributed by atoms with Crippen molar-refractivity contribution in [3.63, 3.8) is 0 Å². The summed E-state index contributed by atoms with van der Waals surface area (Å²) < 4.78 is 12.0. The van der Waals surface area contributed by atoms with Gasteiger partial charge >= 0.3 is 42.1 Å². The number of aromatic hydroxyl groups is 2. The molecule has 0 aliphatic carbocycles. The Bertz CT molecular complexity index is 3690. The number of furan rings is 2. The topological polar surface area (TPSA) is 131 Å². The third-order valence-corrected chi connectivity index (χ3v) is 12.6. The van der Waals surface area contributed by atoms with Gasteiger partial charge in [0.05, 0.1) is 0 Å². The van der Waals surface area contributed by atoms with Gasteiger partial charge in [-0.2, -0.15) is 74.0 Å². The van der Waals surface area contributed by atoms with E-state index in [2.05, 4.69) is 54.0 Å². The van der Waals surface area contributed by atoms with Crippen LogP contribution in [-0.4, -0.2) is 44.2 Å². The predicted molar refractivity (Wildman–Crippen MR) is 295 cm³/mol. The van der Waals surface area contributed by atoms with Crippen molar-refractivity contribution in [1.82, 2.24) is 19.9 Å². The quantitative estimate of drug-likeness (QED) is 0.163. The van der Waals surface area contributed by atoms with Crippen molar-refractivity contribution in [2.45, 2.75) is 13.8 Å². The molecule has 8 heterocycles. The molecule has 0 saturated carbocycles. The molecule has 380 valence electrons. The molecule has 0 unspecified atom stereocenters. The van der Waals surface area contributed by atoms with E-state index in [1.807, 2.05) is 233 Å².